The van der Waals surface area contributed by atoms with Gasteiger partial charge < -0.3 is 4.98 Å². The van der Waals surface area contributed by atoms with Crippen LogP contribution < -0.4 is 0 Å². The smallest absolute Gasteiger partial charge is 0.168 e. The molecule has 1 aromatic heterocycles. The van der Waals surface area contributed by atoms with Crippen molar-refractivity contribution < 1.29 is 4.79 Å². The predicted molar refractivity (Wildman–Crippen MR) is 74.7 cm³/mol. The van der Waals surface area contributed by atoms with Crippen LogP contribution in [0, 0.1) is 17.8 Å². The van der Waals surface area contributed by atoms with Gasteiger partial charge in [-0.3, -0.25) is 4.79 Å². The van der Waals surface area contributed by atoms with Crippen LogP contribution >= 0.6 is 15.9 Å². The Balaban J connectivity index is 1.77. The Kier molecular flexibility index (Phi) is 2.22. The molecule has 0 aliphatic heterocycles. The Morgan fingerprint density at radius 3 is 2.83 bits per heavy atom. The number of carbonyl (C=O) groups excluding carboxylic acids is 1. The molecule has 92 valence electrons. The summed E-state index contributed by atoms with van der Waals surface area (Å²) in [5.74, 6) is 2.03. The van der Waals surface area contributed by atoms with Gasteiger partial charge in [0.05, 0.1) is 0 Å². The van der Waals surface area contributed by atoms with Gasteiger partial charge in [0.2, 0.25) is 0 Å². The van der Waals surface area contributed by atoms with Crippen molar-refractivity contribution in [3.05, 3.63) is 34.4 Å². The molecule has 2 unspecified atom stereocenters. The van der Waals surface area contributed by atoms with Crippen LogP contribution in [0.15, 0.2) is 28.9 Å². The molecule has 0 saturated heterocycles. The van der Waals surface area contributed by atoms with Crippen molar-refractivity contribution >= 4 is 32.6 Å². The van der Waals surface area contributed by atoms with Gasteiger partial charge in [0.25, 0.3) is 0 Å². The standard InChI is InChI=1S/C15H14BrNO/c16-11-5-2-6-12-14(11)10(7-17-12)15(18)13-8-3-1-4-9(8)13/h2,5-9,13,17H,1,3-4H2. The summed E-state index contributed by atoms with van der Waals surface area (Å²) in [6.45, 7) is 0. The second-order valence-electron chi connectivity index (χ2n) is 5.51. The summed E-state index contributed by atoms with van der Waals surface area (Å²) in [4.78, 5) is 15.8. The van der Waals surface area contributed by atoms with E-state index in [-0.39, 0.29) is 0 Å². The second kappa shape index (κ2) is 3.70. The number of halogens is 1. The average Bonchev–Trinajstić information content (AvgIpc) is 2.79. The average molecular weight is 304 g/mol. The lowest BCUT2D eigenvalue weighted by Crippen LogP contribution is -2.05. The zero-order valence-electron chi connectivity index (χ0n) is 9.95. The van der Waals surface area contributed by atoms with Crippen LogP contribution in [0.4, 0.5) is 0 Å². The normalized spacial score (nSPS) is 29.5. The molecular weight excluding hydrogens is 290 g/mol. The number of ketones is 1. The molecule has 1 N–H and O–H groups in total. The van der Waals surface area contributed by atoms with Crippen LogP contribution in [0.25, 0.3) is 10.9 Å². The zero-order chi connectivity index (χ0) is 12.3. The Bertz CT molecular complexity index is 635. The van der Waals surface area contributed by atoms with Gasteiger partial charge in [0.15, 0.2) is 5.78 Å². The molecule has 2 aliphatic rings. The van der Waals surface area contributed by atoms with Crippen molar-refractivity contribution in [3.8, 4) is 0 Å². The minimum atomic E-state index is 0.310. The van der Waals surface area contributed by atoms with Crippen LogP contribution in [0.1, 0.15) is 29.6 Å². The number of aromatic nitrogens is 1. The van der Waals surface area contributed by atoms with E-state index in [1.807, 2.05) is 24.4 Å². The highest BCUT2D eigenvalue weighted by molar-refractivity contribution is 9.10. The minimum absolute atomic E-state index is 0.310. The van der Waals surface area contributed by atoms with E-state index in [2.05, 4.69) is 20.9 Å². The lowest BCUT2D eigenvalue weighted by molar-refractivity contribution is 0.0953. The van der Waals surface area contributed by atoms with E-state index in [1.54, 1.807) is 0 Å². The van der Waals surface area contributed by atoms with Crippen LogP contribution in [-0.2, 0) is 0 Å². The monoisotopic (exact) mass is 303 g/mol. The van der Waals surface area contributed by atoms with E-state index < -0.39 is 0 Å². The first kappa shape index (κ1) is 10.8. The number of carbonyl (C=O) groups is 1. The Labute approximate surface area is 114 Å². The van der Waals surface area contributed by atoms with Crippen LogP contribution in [-0.4, -0.2) is 10.8 Å². The molecule has 2 fully saturated rings. The molecule has 2 nitrogen and oxygen atoms in total. The van der Waals surface area contributed by atoms with Crippen molar-refractivity contribution in [2.24, 2.45) is 17.8 Å². The molecule has 0 amide bonds. The molecular formula is C15H14BrNO. The quantitative estimate of drug-likeness (QED) is 0.830. The number of H-pyrrole nitrogens is 1. The fraction of sp³-hybridized carbons (Fsp3) is 0.400. The molecule has 2 saturated carbocycles. The van der Waals surface area contributed by atoms with E-state index in [4.69, 9.17) is 0 Å². The highest BCUT2D eigenvalue weighted by Gasteiger charge is 2.56. The Morgan fingerprint density at radius 1 is 1.28 bits per heavy atom. The van der Waals surface area contributed by atoms with Gasteiger partial charge in [-0.15, -0.1) is 0 Å². The highest BCUT2D eigenvalue weighted by Crippen LogP contribution is 2.58. The summed E-state index contributed by atoms with van der Waals surface area (Å²) in [7, 11) is 0. The third kappa shape index (κ3) is 1.37. The van der Waals surface area contributed by atoms with Crippen molar-refractivity contribution in [3.63, 3.8) is 0 Å². The largest absolute Gasteiger partial charge is 0.360 e. The maximum absolute atomic E-state index is 12.6. The second-order valence-corrected chi connectivity index (χ2v) is 6.37. The van der Waals surface area contributed by atoms with Gasteiger partial charge in [-0.05, 0) is 36.8 Å². The first-order valence-corrected chi connectivity index (χ1v) is 7.36. The molecule has 1 aromatic carbocycles. The lowest BCUT2D eigenvalue weighted by atomic mass is 10.0. The third-order valence-corrected chi connectivity index (χ3v) is 5.29. The van der Waals surface area contributed by atoms with E-state index >= 15 is 0 Å². The SMILES string of the molecule is O=C(c1c[nH]c2cccc(Br)c12)C1C2CCCC21. The molecule has 0 bridgehead atoms. The highest BCUT2D eigenvalue weighted by atomic mass is 79.9. The van der Waals surface area contributed by atoms with E-state index in [0.717, 1.165) is 20.9 Å². The number of hydrogen-bond donors (Lipinski definition) is 1. The number of nitrogens with one attached hydrogen (secondary N) is 1. The summed E-state index contributed by atoms with van der Waals surface area (Å²) in [5, 5.41) is 1.05. The van der Waals surface area contributed by atoms with E-state index in [0.29, 0.717) is 23.5 Å². The molecule has 2 aliphatic carbocycles. The van der Waals surface area contributed by atoms with Gasteiger partial charge in [0.1, 0.15) is 0 Å². The summed E-state index contributed by atoms with van der Waals surface area (Å²) in [5.41, 5.74) is 1.91. The number of fused-ring (bicyclic) bond motifs is 2. The molecule has 18 heavy (non-hydrogen) atoms. The Hall–Kier alpha value is -1.09. The van der Waals surface area contributed by atoms with Crippen molar-refractivity contribution in [2.45, 2.75) is 19.3 Å². The number of aromatic amines is 1. The van der Waals surface area contributed by atoms with Gasteiger partial charge in [-0.1, -0.05) is 28.4 Å². The van der Waals surface area contributed by atoms with Crippen molar-refractivity contribution in [2.75, 3.05) is 0 Å². The molecule has 4 rings (SSSR count). The number of benzene rings is 1. The zero-order valence-corrected chi connectivity index (χ0v) is 11.5. The first-order chi connectivity index (χ1) is 8.77. The molecule has 3 heteroatoms. The van der Waals surface area contributed by atoms with Crippen molar-refractivity contribution in [1.29, 1.82) is 0 Å². The maximum atomic E-state index is 12.6. The van der Waals surface area contributed by atoms with Crippen LogP contribution in [0.3, 0.4) is 0 Å². The van der Waals surface area contributed by atoms with Gasteiger partial charge >= 0.3 is 0 Å². The molecule has 2 atom stereocenters. The summed E-state index contributed by atoms with van der Waals surface area (Å²) >= 11 is 3.55. The van der Waals surface area contributed by atoms with Gasteiger partial charge in [0, 0.05) is 33.1 Å². The number of hydrogen-bond acceptors (Lipinski definition) is 1. The molecule has 1 heterocycles. The third-order valence-electron chi connectivity index (χ3n) is 4.63. The number of Topliss-reactive ketones (excluding diaryl/α,β-unsaturated/α-hetero) is 1. The van der Waals surface area contributed by atoms with Crippen molar-refractivity contribution in [1.82, 2.24) is 4.98 Å². The summed E-state index contributed by atoms with van der Waals surface area (Å²) in [6.07, 6.45) is 5.71. The molecule has 0 spiro atoms. The van der Waals surface area contributed by atoms with Gasteiger partial charge in [-0.25, -0.2) is 0 Å². The first-order valence-electron chi connectivity index (χ1n) is 6.57. The van der Waals surface area contributed by atoms with Crippen LogP contribution in [0.5, 0.6) is 0 Å². The Morgan fingerprint density at radius 2 is 2.06 bits per heavy atom. The van der Waals surface area contributed by atoms with E-state index in [1.165, 1.54) is 19.3 Å². The maximum Gasteiger partial charge on any atom is 0.168 e. The fourth-order valence-electron chi connectivity index (χ4n) is 3.72. The summed E-state index contributed by atoms with van der Waals surface area (Å²) < 4.78 is 1.01. The fourth-order valence-corrected chi connectivity index (χ4v) is 4.30. The van der Waals surface area contributed by atoms with E-state index in [9.17, 15) is 4.79 Å². The molecule has 2 aromatic rings. The topological polar surface area (TPSA) is 32.9 Å². The summed E-state index contributed by atoms with van der Waals surface area (Å²) in [6, 6.07) is 6.01. The predicted octanol–water partition coefficient (Wildman–Crippen LogP) is 4.16. The number of rotatable bonds is 2. The van der Waals surface area contributed by atoms with Crippen LogP contribution in [0.2, 0.25) is 0 Å². The minimum Gasteiger partial charge on any atom is -0.360 e. The van der Waals surface area contributed by atoms with Gasteiger partial charge in [-0.2, -0.15) is 0 Å². The lowest BCUT2D eigenvalue weighted by Gasteiger charge is -2.02. The molecule has 0 radical (unpaired) electrons.